The molecule has 7 rings (SSSR count). The van der Waals surface area contributed by atoms with Crippen molar-refractivity contribution < 1.29 is 35.8 Å². The Morgan fingerprint density at radius 2 is 1.94 bits per heavy atom. The van der Waals surface area contributed by atoms with E-state index in [1.807, 2.05) is 5.10 Å². The maximum absolute atomic E-state index is 16.0. The molecule has 2 aromatic carbocycles. The highest BCUT2D eigenvalue weighted by Crippen LogP contribution is 2.53. The molecule has 8 nitrogen and oxygen atoms in total. The molecule has 0 unspecified atom stereocenters. The number of halogens is 7. The van der Waals surface area contributed by atoms with Crippen molar-refractivity contribution in [3.8, 4) is 29.0 Å². The normalized spacial score (nSPS) is 22.8. The van der Waals surface area contributed by atoms with Crippen molar-refractivity contribution in [3.63, 3.8) is 0 Å². The Balaban J connectivity index is 1.12. The van der Waals surface area contributed by atoms with Crippen LogP contribution < -0.4 is 9.47 Å². The average Bonchev–Trinajstić information content (AvgIpc) is 3.42. The summed E-state index contributed by atoms with van der Waals surface area (Å²) in [7, 11) is 0. The minimum atomic E-state index is -4.72. The largest absolute Gasteiger partial charge is 0.451 e. The van der Waals surface area contributed by atoms with Crippen molar-refractivity contribution in [1.82, 2.24) is 25.1 Å². The van der Waals surface area contributed by atoms with Gasteiger partial charge in [0.05, 0.1) is 35.2 Å². The molecule has 2 aromatic heterocycles. The van der Waals surface area contributed by atoms with Gasteiger partial charge in [-0.1, -0.05) is 23.7 Å². The first-order valence-electron chi connectivity index (χ1n) is 15.1. The molecule has 1 saturated heterocycles. The summed E-state index contributed by atoms with van der Waals surface area (Å²) in [5.41, 5.74) is 0.894. The van der Waals surface area contributed by atoms with Crippen LogP contribution in [-0.2, 0) is 24.9 Å². The fourth-order valence-corrected chi connectivity index (χ4v) is 6.61. The maximum Gasteiger partial charge on any atom is 0.451 e. The molecule has 15 heteroatoms. The Kier molecular flexibility index (Phi) is 7.63. The highest BCUT2D eigenvalue weighted by molar-refractivity contribution is 6.30. The van der Waals surface area contributed by atoms with Crippen molar-refractivity contribution in [3.05, 3.63) is 87.7 Å². The van der Waals surface area contributed by atoms with Crippen LogP contribution in [0.4, 0.5) is 26.3 Å². The molecular formula is C33H27ClF6N6O2. The average molecular weight is 689 g/mol. The number of aromatic amines is 1. The second kappa shape index (κ2) is 11.4. The molecule has 3 aliphatic rings. The minimum Gasteiger partial charge on any atom is -0.444 e. The number of nitrogens with one attached hydrogen (secondary N) is 1. The summed E-state index contributed by atoms with van der Waals surface area (Å²) in [5.74, 6) is -7.84. The van der Waals surface area contributed by atoms with E-state index < -0.39 is 47.4 Å². The lowest BCUT2D eigenvalue weighted by Crippen LogP contribution is -2.47. The van der Waals surface area contributed by atoms with Crippen LogP contribution in [0.5, 0.6) is 11.5 Å². The van der Waals surface area contributed by atoms with Crippen LogP contribution in [0.3, 0.4) is 0 Å². The van der Waals surface area contributed by atoms with Crippen LogP contribution in [-0.4, -0.2) is 44.1 Å². The quantitative estimate of drug-likeness (QED) is 0.198. The molecule has 250 valence electrons. The fraction of sp³-hybridized carbons (Fsp3) is 0.394. The van der Waals surface area contributed by atoms with Gasteiger partial charge in [0.25, 0.3) is 11.7 Å². The molecule has 4 heterocycles. The van der Waals surface area contributed by atoms with E-state index in [1.165, 1.54) is 25.3 Å². The molecule has 0 bridgehead atoms. The van der Waals surface area contributed by atoms with Crippen LogP contribution in [0, 0.1) is 22.6 Å². The van der Waals surface area contributed by atoms with Crippen molar-refractivity contribution in [1.29, 1.82) is 5.26 Å². The third-order valence-electron chi connectivity index (χ3n) is 9.15. The van der Waals surface area contributed by atoms with E-state index in [0.717, 1.165) is 6.07 Å². The Labute approximate surface area is 275 Å². The van der Waals surface area contributed by atoms with E-state index in [-0.39, 0.29) is 65.0 Å². The lowest BCUT2D eigenvalue weighted by molar-refractivity contribution is -0.144. The Morgan fingerprint density at radius 1 is 1.15 bits per heavy atom. The topological polar surface area (TPSA) is 100.0 Å². The first-order valence-corrected chi connectivity index (χ1v) is 15.5. The highest BCUT2D eigenvalue weighted by Gasteiger charge is 2.50. The van der Waals surface area contributed by atoms with Crippen molar-refractivity contribution in [2.45, 2.75) is 63.0 Å². The summed E-state index contributed by atoms with van der Waals surface area (Å²) in [5, 5.41) is 15.5. The molecule has 0 radical (unpaired) electrons. The second-order valence-corrected chi connectivity index (χ2v) is 13.1. The van der Waals surface area contributed by atoms with E-state index in [0.29, 0.717) is 24.1 Å². The van der Waals surface area contributed by atoms with Crippen molar-refractivity contribution in [2.75, 3.05) is 13.1 Å². The van der Waals surface area contributed by atoms with Crippen molar-refractivity contribution >= 4 is 11.6 Å². The number of rotatable bonds is 7. The summed E-state index contributed by atoms with van der Waals surface area (Å²) in [6.07, 6.45) is -1.80. The zero-order chi connectivity index (χ0) is 34.1. The minimum absolute atomic E-state index is 0.0294. The van der Waals surface area contributed by atoms with Crippen LogP contribution in [0.2, 0.25) is 5.02 Å². The summed E-state index contributed by atoms with van der Waals surface area (Å²) in [6, 6.07) is 12.7. The molecule has 2 atom stereocenters. The zero-order valence-corrected chi connectivity index (χ0v) is 26.1. The highest BCUT2D eigenvalue weighted by atomic mass is 35.5. The van der Waals surface area contributed by atoms with Crippen LogP contribution in [0.1, 0.15) is 60.3 Å². The van der Waals surface area contributed by atoms with Crippen LogP contribution >= 0.6 is 11.6 Å². The van der Waals surface area contributed by atoms with Crippen LogP contribution in [0.25, 0.3) is 11.4 Å². The number of para-hydroxylation sites is 1. The third kappa shape index (κ3) is 5.94. The van der Waals surface area contributed by atoms with E-state index in [4.69, 9.17) is 21.1 Å². The van der Waals surface area contributed by atoms with Gasteiger partial charge in [-0.2, -0.15) is 23.5 Å². The van der Waals surface area contributed by atoms with Gasteiger partial charge in [0.1, 0.15) is 5.82 Å². The Bertz CT molecular complexity index is 1940. The van der Waals surface area contributed by atoms with Gasteiger partial charge < -0.3 is 9.47 Å². The molecule has 0 amide bonds. The standard InChI is InChI=1S/C33H27ClF6N6O2/c1-30(23-6-5-20(34)12-24(23)35)47-26-4-2-3-21(27(26)48-30)22-7-10-46(17-32(22,36)37)15-25-18(13-31(16-41)8-9-31)11-19(14-42-25)28-43-29(45-44-28)33(38,39)40/h2-6,11-12,14,22H,7-10,13,15,17H2,1H3,(H,43,44,45)/t22-,30-/m1/s1. The maximum atomic E-state index is 16.0. The predicted octanol–water partition coefficient (Wildman–Crippen LogP) is 7.79. The van der Waals surface area contributed by atoms with Crippen LogP contribution in [0.15, 0.2) is 48.7 Å². The van der Waals surface area contributed by atoms with Gasteiger partial charge >= 0.3 is 6.18 Å². The zero-order valence-electron chi connectivity index (χ0n) is 25.3. The summed E-state index contributed by atoms with van der Waals surface area (Å²) < 4.78 is 98.3. The number of pyridine rings is 1. The number of nitriles is 1. The monoisotopic (exact) mass is 688 g/mol. The lowest BCUT2D eigenvalue weighted by atomic mass is 9.85. The lowest BCUT2D eigenvalue weighted by Gasteiger charge is -2.39. The van der Waals surface area contributed by atoms with Gasteiger partial charge in [-0.05, 0) is 68.1 Å². The molecule has 2 fully saturated rings. The SMILES string of the molecule is C[C@@]1(c2ccc(Cl)cc2F)Oc2cccc([C@H]3CCN(Cc4ncc(-c5n[nH]c(C(F)(F)F)n5)cc4CC4(C#N)CC4)CC3(F)F)c2O1. The van der Waals surface area contributed by atoms with E-state index in [1.54, 1.807) is 29.2 Å². The van der Waals surface area contributed by atoms with Gasteiger partial charge in [0.15, 0.2) is 17.3 Å². The first kappa shape index (κ1) is 32.2. The van der Waals surface area contributed by atoms with Gasteiger partial charge in [-0.15, -0.1) is 0 Å². The molecular weight excluding hydrogens is 662 g/mol. The number of nitrogens with zero attached hydrogens (tertiary/aromatic N) is 5. The fourth-order valence-electron chi connectivity index (χ4n) is 6.45. The summed E-state index contributed by atoms with van der Waals surface area (Å²) in [4.78, 5) is 9.55. The van der Waals surface area contributed by atoms with Gasteiger partial charge in [-0.3, -0.25) is 15.0 Å². The Hall–Kier alpha value is -4.35. The number of piperidine rings is 1. The summed E-state index contributed by atoms with van der Waals surface area (Å²) >= 11 is 5.91. The van der Waals surface area contributed by atoms with Gasteiger partial charge in [-0.25, -0.2) is 18.2 Å². The molecule has 1 N–H and O–H groups in total. The third-order valence-corrected chi connectivity index (χ3v) is 9.38. The Morgan fingerprint density at radius 3 is 2.60 bits per heavy atom. The molecule has 2 aliphatic heterocycles. The summed E-state index contributed by atoms with van der Waals surface area (Å²) in [6.45, 7) is 1.18. The van der Waals surface area contributed by atoms with Crippen molar-refractivity contribution in [2.24, 2.45) is 5.41 Å². The number of alkyl halides is 5. The van der Waals surface area contributed by atoms with E-state index in [2.05, 4.69) is 21.1 Å². The number of H-pyrrole nitrogens is 1. The molecule has 1 aliphatic carbocycles. The molecule has 4 aromatic rings. The smallest absolute Gasteiger partial charge is 0.444 e. The predicted molar refractivity (Wildman–Crippen MR) is 160 cm³/mol. The van der Waals surface area contributed by atoms with Gasteiger partial charge in [0.2, 0.25) is 5.82 Å². The molecule has 0 spiro atoms. The number of ether oxygens (including phenoxy) is 2. The van der Waals surface area contributed by atoms with E-state index in [9.17, 15) is 22.8 Å². The molecule has 1 saturated carbocycles. The number of likely N-dealkylation sites (tertiary alicyclic amines) is 1. The number of benzene rings is 2. The number of fused-ring (bicyclic) bond motifs is 1. The number of hydrogen-bond acceptors (Lipinski definition) is 7. The van der Waals surface area contributed by atoms with E-state index >= 15 is 8.78 Å². The number of hydrogen-bond donors (Lipinski definition) is 1. The number of aromatic nitrogens is 4. The first-order chi connectivity index (χ1) is 22.7. The second-order valence-electron chi connectivity index (χ2n) is 12.7. The van der Waals surface area contributed by atoms with Gasteiger partial charge in [0, 0.05) is 35.8 Å². The molecule has 48 heavy (non-hydrogen) atoms.